The Labute approximate surface area is 117 Å². The van der Waals surface area contributed by atoms with Gasteiger partial charge in [-0.1, -0.05) is 48.5 Å². The number of aldehydes is 1. The van der Waals surface area contributed by atoms with E-state index in [0.717, 1.165) is 33.9 Å². The van der Waals surface area contributed by atoms with Crippen LogP contribution in [0.15, 0.2) is 60.7 Å². The third-order valence-electron chi connectivity index (χ3n) is 3.45. The Morgan fingerprint density at radius 3 is 2.45 bits per heavy atom. The van der Waals surface area contributed by atoms with Gasteiger partial charge < -0.3 is 4.74 Å². The zero-order valence-corrected chi connectivity index (χ0v) is 11.2. The van der Waals surface area contributed by atoms with Gasteiger partial charge in [-0.05, 0) is 34.0 Å². The molecule has 0 saturated heterocycles. The second kappa shape index (κ2) is 5.17. The minimum atomic E-state index is 0.703. The van der Waals surface area contributed by atoms with Crippen LogP contribution >= 0.6 is 0 Å². The summed E-state index contributed by atoms with van der Waals surface area (Å²) in [5.74, 6) is 0.815. The average Bonchev–Trinajstić information content (AvgIpc) is 2.53. The molecule has 2 nitrogen and oxygen atoms in total. The first-order valence-corrected chi connectivity index (χ1v) is 6.45. The normalized spacial score (nSPS) is 10.4. The van der Waals surface area contributed by atoms with E-state index in [1.165, 1.54) is 0 Å². The van der Waals surface area contributed by atoms with E-state index in [-0.39, 0.29) is 0 Å². The molecule has 0 amide bonds. The van der Waals surface area contributed by atoms with E-state index < -0.39 is 0 Å². The molecule has 3 aromatic rings. The smallest absolute Gasteiger partial charge is 0.150 e. The van der Waals surface area contributed by atoms with Gasteiger partial charge in [-0.25, -0.2) is 0 Å². The number of methoxy groups -OCH3 is 1. The Morgan fingerprint density at radius 2 is 1.75 bits per heavy atom. The topological polar surface area (TPSA) is 26.3 Å². The molecule has 0 unspecified atom stereocenters. The maximum Gasteiger partial charge on any atom is 0.150 e. The van der Waals surface area contributed by atoms with Crippen molar-refractivity contribution in [2.24, 2.45) is 0 Å². The van der Waals surface area contributed by atoms with Crippen LogP contribution in [-0.4, -0.2) is 13.4 Å². The van der Waals surface area contributed by atoms with Crippen molar-refractivity contribution >= 4 is 17.1 Å². The Bertz CT molecular complexity index is 761. The third kappa shape index (κ3) is 2.05. The predicted molar refractivity (Wildman–Crippen MR) is 81.3 cm³/mol. The Morgan fingerprint density at radius 1 is 0.950 bits per heavy atom. The first-order valence-electron chi connectivity index (χ1n) is 6.45. The number of fused-ring (bicyclic) bond motifs is 1. The van der Waals surface area contributed by atoms with E-state index in [4.69, 9.17) is 4.74 Å². The van der Waals surface area contributed by atoms with Gasteiger partial charge in [-0.15, -0.1) is 0 Å². The van der Waals surface area contributed by atoms with Crippen LogP contribution in [0, 0.1) is 0 Å². The lowest BCUT2D eigenvalue weighted by molar-refractivity contribution is 0.112. The van der Waals surface area contributed by atoms with Gasteiger partial charge in [0.2, 0.25) is 0 Å². The first-order chi connectivity index (χ1) is 9.83. The first kappa shape index (κ1) is 12.4. The van der Waals surface area contributed by atoms with Crippen molar-refractivity contribution < 1.29 is 9.53 Å². The van der Waals surface area contributed by atoms with E-state index in [9.17, 15) is 4.79 Å². The predicted octanol–water partition coefficient (Wildman–Crippen LogP) is 4.33. The van der Waals surface area contributed by atoms with Crippen LogP contribution in [0.5, 0.6) is 5.75 Å². The summed E-state index contributed by atoms with van der Waals surface area (Å²) in [5.41, 5.74) is 2.72. The number of rotatable bonds is 3. The van der Waals surface area contributed by atoms with Crippen molar-refractivity contribution in [1.29, 1.82) is 0 Å². The van der Waals surface area contributed by atoms with Crippen LogP contribution in [0.1, 0.15) is 10.4 Å². The molecule has 0 aliphatic heterocycles. The molecule has 0 N–H and O–H groups in total. The lowest BCUT2D eigenvalue weighted by Crippen LogP contribution is -1.90. The van der Waals surface area contributed by atoms with E-state index in [1.54, 1.807) is 7.11 Å². The Balaban J connectivity index is 2.35. The molecule has 0 fully saturated rings. The fourth-order valence-electron chi connectivity index (χ4n) is 2.48. The minimum Gasteiger partial charge on any atom is -0.497 e. The van der Waals surface area contributed by atoms with Gasteiger partial charge in [0.15, 0.2) is 6.29 Å². The van der Waals surface area contributed by atoms with Crippen molar-refractivity contribution in [1.82, 2.24) is 0 Å². The van der Waals surface area contributed by atoms with Gasteiger partial charge in [-0.2, -0.15) is 0 Å². The highest BCUT2D eigenvalue weighted by Crippen LogP contribution is 2.33. The summed E-state index contributed by atoms with van der Waals surface area (Å²) in [6, 6.07) is 19.7. The van der Waals surface area contributed by atoms with E-state index in [1.807, 2.05) is 60.7 Å². The minimum absolute atomic E-state index is 0.703. The van der Waals surface area contributed by atoms with Crippen LogP contribution in [-0.2, 0) is 0 Å². The molecule has 0 radical (unpaired) electrons. The Hall–Kier alpha value is -2.61. The Kier molecular flexibility index (Phi) is 3.21. The molecular formula is C18H14O2. The van der Waals surface area contributed by atoms with Crippen molar-refractivity contribution in [3.05, 3.63) is 66.2 Å². The molecule has 0 spiro atoms. The van der Waals surface area contributed by atoms with Crippen LogP contribution in [0.4, 0.5) is 0 Å². The van der Waals surface area contributed by atoms with E-state index >= 15 is 0 Å². The highest BCUT2D eigenvalue weighted by Gasteiger charge is 2.09. The fourth-order valence-corrected chi connectivity index (χ4v) is 2.48. The van der Waals surface area contributed by atoms with Gasteiger partial charge in [0.1, 0.15) is 5.75 Å². The lowest BCUT2D eigenvalue weighted by atomic mass is 9.94. The van der Waals surface area contributed by atoms with Crippen molar-refractivity contribution in [3.8, 4) is 16.9 Å². The molecule has 0 aliphatic rings. The number of ether oxygens (including phenoxy) is 1. The summed E-state index contributed by atoms with van der Waals surface area (Å²) in [7, 11) is 1.65. The average molecular weight is 262 g/mol. The number of hydrogen-bond donors (Lipinski definition) is 0. The van der Waals surface area contributed by atoms with Crippen molar-refractivity contribution in [2.45, 2.75) is 0 Å². The molecule has 0 atom stereocenters. The monoisotopic (exact) mass is 262 g/mol. The summed E-state index contributed by atoms with van der Waals surface area (Å²) in [6.45, 7) is 0. The molecule has 0 heterocycles. The van der Waals surface area contributed by atoms with E-state index in [0.29, 0.717) is 5.56 Å². The summed E-state index contributed by atoms with van der Waals surface area (Å²) in [5, 5.41) is 2.12. The number of carbonyl (C=O) groups excluding carboxylic acids is 1. The SMILES string of the molecule is COc1ccc2c(-c3ccccc3)c(C=O)ccc2c1. The van der Waals surface area contributed by atoms with Crippen molar-refractivity contribution in [2.75, 3.05) is 7.11 Å². The largest absolute Gasteiger partial charge is 0.497 e. The van der Waals surface area contributed by atoms with Gasteiger partial charge in [0.25, 0.3) is 0 Å². The molecule has 0 bridgehead atoms. The van der Waals surface area contributed by atoms with Crippen LogP contribution in [0.2, 0.25) is 0 Å². The summed E-state index contributed by atoms with van der Waals surface area (Å²) >= 11 is 0. The summed E-state index contributed by atoms with van der Waals surface area (Å²) in [4.78, 5) is 11.3. The molecule has 0 saturated carbocycles. The highest BCUT2D eigenvalue weighted by molar-refractivity contribution is 6.04. The van der Waals surface area contributed by atoms with Gasteiger partial charge in [0.05, 0.1) is 7.11 Å². The zero-order chi connectivity index (χ0) is 13.9. The van der Waals surface area contributed by atoms with Gasteiger partial charge in [-0.3, -0.25) is 4.79 Å². The lowest BCUT2D eigenvalue weighted by Gasteiger charge is -2.11. The molecule has 0 aliphatic carbocycles. The van der Waals surface area contributed by atoms with Crippen LogP contribution in [0.3, 0.4) is 0 Å². The second-order valence-electron chi connectivity index (χ2n) is 4.60. The maximum absolute atomic E-state index is 11.3. The molecule has 2 heteroatoms. The molecular weight excluding hydrogens is 248 g/mol. The summed E-state index contributed by atoms with van der Waals surface area (Å²) in [6.07, 6.45) is 0.909. The van der Waals surface area contributed by atoms with E-state index in [2.05, 4.69) is 0 Å². The maximum atomic E-state index is 11.3. The molecule has 20 heavy (non-hydrogen) atoms. The quantitative estimate of drug-likeness (QED) is 0.657. The molecule has 98 valence electrons. The summed E-state index contributed by atoms with van der Waals surface area (Å²) < 4.78 is 5.25. The van der Waals surface area contributed by atoms with Crippen LogP contribution in [0.25, 0.3) is 21.9 Å². The fraction of sp³-hybridized carbons (Fsp3) is 0.0556. The second-order valence-corrected chi connectivity index (χ2v) is 4.60. The zero-order valence-electron chi connectivity index (χ0n) is 11.2. The number of benzene rings is 3. The number of hydrogen-bond acceptors (Lipinski definition) is 2. The molecule has 3 rings (SSSR count). The van der Waals surface area contributed by atoms with Crippen LogP contribution < -0.4 is 4.74 Å². The number of carbonyl (C=O) groups is 1. The molecule has 0 aromatic heterocycles. The third-order valence-corrected chi connectivity index (χ3v) is 3.45. The van der Waals surface area contributed by atoms with Gasteiger partial charge >= 0.3 is 0 Å². The highest BCUT2D eigenvalue weighted by atomic mass is 16.5. The standard InChI is InChI=1S/C18H14O2/c1-20-16-9-10-17-14(11-16)7-8-15(12-19)18(17)13-5-3-2-4-6-13/h2-12H,1H3. The molecule has 3 aromatic carbocycles. The van der Waals surface area contributed by atoms with Gasteiger partial charge in [0, 0.05) is 5.56 Å². The van der Waals surface area contributed by atoms with Crippen molar-refractivity contribution in [3.63, 3.8) is 0 Å².